The molecule has 142 valence electrons. The van der Waals surface area contributed by atoms with Crippen LogP contribution in [-0.2, 0) is 11.2 Å². The van der Waals surface area contributed by atoms with E-state index in [-0.39, 0.29) is 41.7 Å². The molecule has 1 saturated heterocycles. The number of guanidine groups is 1. The summed E-state index contributed by atoms with van der Waals surface area (Å²) in [6, 6.07) is 8.29. The van der Waals surface area contributed by atoms with E-state index in [9.17, 15) is 0 Å². The number of rotatable bonds is 5. The number of halogens is 1. The van der Waals surface area contributed by atoms with Gasteiger partial charge in [-0.05, 0) is 51.8 Å². The highest BCUT2D eigenvalue weighted by Crippen LogP contribution is 2.21. The number of nitrogens with two attached hydrogens (primary N) is 1. The fourth-order valence-electron chi connectivity index (χ4n) is 3.06. The highest BCUT2D eigenvalue weighted by molar-refractivity contribution is 14.0. The molecule has 1 aromatic rings. The van der Waals surface area contributed by atoms with Crippen LogP contribution in [0.2, 0.25) is 0 Å². The van der Waals surface area contributed by atoms with Gasteiger partial charge in [0.1, 0.15) is 0 Å². The van der Waals surface area contributed by atoms with E-state index < -0.39 is 0 Å². The van der Waals surface area contributed by atoms with E-state index in [0.29, 0.717) is 12.5 Å². The SMILES string of the molecule is CCc1ccc(NC(N)=NCC(C)(C)N2CC(C)OC(C)C2)cc1.I. The van der Waals surface area contributed by atoms with Crippen LogP contribution in [0.3, 0.4) is 0 Å². The van der Waals surface area contributed by atoms with Crippen molar-refractivity contribution in [3.8, 4) is 0 Å². The summed E-state index contributed by atoms with van der Waals surface area (Å²) in [5, 5.41) is 3.17. The molecule has 2 unspecified atom stereocenters. The quantitative estimate of drug-likeness (QED) is 0.401. The second kappa shape index (κ2) is 9.73. The Balaban J connectivity index is 0.00000312. The van der Waals surface area contributed by atoms with E-state index in [1.807, 2.05) is 12.1 Å². The van der Waals surface area contributed by atoms with Crippen LogP contribution in [0.15, 0.2) is 29.3 Å². The third kappa shape index (κ3) is 6.75. The Hall–Kier alpha value is -0.860. The number of hydrogen-bond acceptors (Lipinski definition) is 3. The van der Waals surface area contributed by atoms with Gasteiger partial charge in [0, 0.05) is 24.3 Å². The molecule has 1 heterocycles. The number of morpholine rings is 1. The molecule has 3 N–H and O–H groups in total. The topological polar surface area (TPSA) is 62.9 Å². The number of nitrogens with zero attached hydrogens (tertiary/aromatic N) is 2. The van der Waals surface area contributed by atoms with Gasteiger partial charge in [-0.1, -0.05) is 19.1 Å². The van der Waals surface area contributed by atoms with Gasteiger partial charge in [0.05, 0.1) is 18.8 Å². The second-order valence-corrected chi connectivity index (χ2v) is 7.35. The molecule has 0 aromatic heterocycles. The van der Waals surface area contributed by atoms with Crippen LogP contribution >= 0.6 is 24.0 Å². The third-order valence-corrected chi connectivity index (χ3v) is 4.55. The maximum absolute atomic E-state index is 6.06. The first-order valence-electron chi connectivity index (χ1n) is 8.86. The van der Waals surface area contributed by atoms with Gasteiger partial charge in [-0.15, -0.1) is 24.0 Å². The van der Waals surface area contributed by atoms with Gasteiger partial charge in [-0.3, -0.25) is 9.89 Å². The van der Waals surface area contributed by atoms with Crippen LogP contribution < -0.4 is 11.1 Å². The highest BCUT2D eigenvalue weighted by Gasteiger charge is 2.33. The molecule has 0 amide bonds. The Bertz CT molecular complexity index is 549. The van der Waals surface area contributed by atoms with E-state index in [1.54, 1.807) is 0 Å². The highest BCUT2D eigenvalue weighted by atomic mass is 127. The normalized spacial score (nSPS) is 22.4. The summed E-state index contributed by atoms with van der Waals surface area (Å²) < 4.78 is 5.82. The molecule has 0 spiro atoms. The summed E-state index contributed by atoms with van der Waals surface area (Å²) in [7, 11) is 0. The summed E-state index contributed by atoms with van der Waals surface area (Å²) in [4.78, 5) is 7.00. The smallest absolute Gasteiger partial charge is 0.193 e. The first kappa shape index (κ1) is 22.2. The zero-order valence-electron chi connectivity index (χ0n) is 16.1. The lowest BCUT2D eigenvalue weighted by molar-refractivity contribution is -0.0939. The largest absolute Gasteiger partial charge is 0.373 e. The molecule has 1 aliphatic rings. The number of aliphatic imine (C=N–C) groups is 1. The van der Waals surface area contributed by atoms with E-state index in [2.05, 4.69) is 62.0 Å². The van der Waals surface area contributed by atoms with Crippen LogP contribution in [0.4, 0.5) is 5.69 Å². The molecule has 1 fully saturated rings. The molecule has 0 saturated carbocycles. The predicted octanol–water partition coefficient (Wildman–Crippen LogP) is 3.48. The van der Waals surface area contributed by atoms with Gasteiger partial charge in [0.25, 0.3) is 0 Å². The molecule has 2 atom stereocenters. The monoisotopic (exact) mass is 460 g/mol. The van der Waals surface area contributed by atoms with E-state index in [1.165, 1.54) is 5.56 Å². The Morgan fingerprint density at radius 3 is 2.32 bits per heavy atom. The number of aryl methyl sites for hydroxylation is 1. The molecule has 6 heteroatoms. The predicted molar refractivity (Wildman–Crippen MR) is 117 cm³/mol. The minimum atomic E-state index is -0.0509. The number of ether oxygens (including phenoxy) is 1. The van der Waals surface area contributed by atoms with Crippen molar-refractivity contribution in [2.75, 3.05) is 25.0 Å². The third-order valence-electron chi connectivity index (χ3n) is 4.55. The zero-order chi connectivity index (χ0) is 17.7. The summed E-state index contributed by atoms with van der Waals surface area (Å²) >= 11 is 0. The molecule has 1 aliphatic heterocycles. The molecule has 0 aliphatic carbocycles. The maximum atomic E-state index is 6.06. The fourth-order valence-corrected chi connectivity index (χ4v) is 3.06. The summed E-state index contributed by atoms with van der Waals surface area (Å²) in [5.41, 5.74) is 8.30. The minimum absolute atomic E-state index is 0. The van der Waals surface area contributed by atoms with Crippen molar-refractivity contribution in [3.63, 3.8) is 0 Å². The first-order chi connectivity index (χ1) is 11.3. The van der Waals surface area contributed by atoms with Crippen molar-refractivity contribution in [3.05, 3.63) is 29.8 Å². The Labute approximate surface area is 169 Å². The lowest BCUT2D eigenvalue weighted by Crippen LogP contribution is -2.56. The summed E-state index contributed by atoms with van der Waals surface area (Å²) in [6.45, 7) is 13.3. The zero-order valence-corrected chi connectivity index (χ0v) is 18.4. The van der Waals surface area contributed by atoms with Gasteiger partial charge in [-0.25, -0.2) is 0 Å². The Morgan fingerprint density at radius 2 is 1.80 bits per heavy atom. The average molecular weight is 460 g/mol. The summed E-state index contributed by atoms with van der Waals surface area (Å²) in [6.07, 6.45) is 1.54. The number of nitrogens with one attached hydrogen (secondary N) is 1. The van der Waals surface area contributed by atoms with E-state index in [4.69, 9.17) is 10.5 Å². The Morgan fingerprint density at radius 1 is 1.24 bits per heavy atom. The molecule has 0 bridgehead atoms. The van der Waals surface area contributed by atoms with Gasteiger partial charge in [0.15, 0.2) is 5.96 Å². The minimum Gasteiger partial charge on any atom is -0.373 e. The van der Waals surface area contributed by atoms with Crippen molar-refractivity contribution in [2.24, 2.45) is 10.7 Å². The molecule has 1 aromatic carbocycles. The number of benzene rings is 1. The lowest BCUT2D eigenvalue weighted by atomic mass is 10.0. The van der Waals surface area contributed by atoms with Crippen molar-refractivity contribution >= 4 is 35.6 Å². The van der Waals surface area contributed by atoms with Crippen LogP contribution in [0.1, 0.15) is 40.2 Å². The van der Waals surface area contributed by atoms with Crippen LogP contribution in [0.25, 0.3) is 0 Å². The van der Waals surface area contributed by atoms with Gasteiger partial charge in [-0.2, -0.15) is 0 Å². The van der Waals surface area contributed by atoms with Crippen molar-refractivity contribution < 1.29 is 4.74 Å². The van der Waals surface area contributed by atoms with Crippen LogP contribution in [0, 0.1) is 0 Å². The molecule has 5 nitrogen and oxygen atoms in total. The van der Waals surface area contributed by atoms with Crippen molar-refractivity contribution in [1.29, 1.82) is 0 Å². The molecule has 0 radical (unpaired) electrons. The molecular weight excluding hydrogens is 427 g/mol. The van der Waals surface area contributed by atoms with Gasteiger partial charge in [0.2, 0.25) is 0 Å². The second-order valence-electron chi connectivity index (χ2n) is 7.35. The van der Waals surface area contributed by atoms with Gasteiger partial charge >= 0.3 is 0 Å². The van der Waals surface area contributed by atoms with Gasteiger partial charge < -0.3 is 15.8 Å². The van der Waals surface area contributed by atoms with Crippen LogP contribution in [-0.4, -0.2) is 48.2 Å². The fraction of sp³-hybridized carbons (Fsp3) is 0.632. The number of anilines is 1. The first-order valence-corrected chi connectivity index (χ1v) is 8.86. The van der Waals surface area contributed by atoms with Crippen LogP contribution in [0.5, 0.6) is 0 Å². The lowest BCUT2D eigenvalue weighted by Gasteiger charge is -2.44. The van der Waals surface area contributed by atoms with E-state index >= 15 is 0 Å². The number of hydrogen-bond donors (Lipinski definition) is 2. The molecule has 2 rings (SSSR count). The molecule has 25 heavy (non-hydrogen) atoms. The maximum Gasteiger partial charge on any atom is 0.193 e. The van der Waals surface area contributed by atoms with Crippen molar-refractivity contribution in [1.82, 2.24) is 4.90 Å². The van der Waals surface area contributed by atoms with Crippen molar-refractivity contribution in [2.45, 2.75) is 58.8 Å². The summed E-state index contributed by atoms with van der Waals surface area (Å²) in [5.74, 6) is 0.460. The Kier molecular flexibility index (Phi) is 8.63. The van der Waals surface area contributed by atoms with E-state index in [0.717, 1.165) is 25.2 Å². The average Bonchev–Trinajstić information content (AvgIpc) is 2.53. The standard InChI is InChI=1S/C19H32N4O.HI/c1-6-16-7-9-17(10-8-16)22-18(20)21-13-19(4,5)23-11-14(2)24-15(3)12-23;/h7-10,14-15H,6,11-13H2,1-5H3,(H3,20,21,22);1H. The molecular formula is C19H33IN4O.